The SMILES string of the molecule is CC[C@H](C)[C@H]1NC2(CCN(S(=O)(=O)c3cccc(Cl)c3Cl)CC2)N(C)C1=O. The summed E-state index contributed by atoms with van der Waals surface area (Å²) in [6, 6.07) is 4.39. The molecule has 150 valence electrons. The standard InChI is InChI=1S/C18H25Cl2N3O3S/c1-4-12(2)16-17(24)22(3)18(21-16)8-10-23(11-9-18)27(25,26)14-7-5-6-13(19)15(14)20/h5-7,12,16,21H,4,8-11H2,1-3H3/t12-,16+/m0/s1. The van der Waals surface area contributed by atoms with E-state index in [0.29, 0.717) is 25.9 Å². The monoisotopic (exact) mass is 433 g/mol. The van der Waals surface area contributed by atoms with Crippen LogP contribution in [-0.2, 0) is 14.8 Å². The predicted octanol–water partition coefficient (Wildman–Crippen LogP) is 2.95. The van der Waals surface area contributed by atoms with E-state index in [-0.39, 0.29) is 32.8 Å². The molecule has 0 unspecified atom stereocenters. The lowest BCUT2D eigenvalue weighted by Gasteiger charge is -2.42. The third-order valence-electron chi connectivity index (χ3n) is 5.96. The fourth-order valence-electron chi connectivity index (χ4n) is 3.89. The Morgan fingerprint density at radius 3 is 2.52 bits per heavy atom. The molecule has 3 rings (SSSR count). The first-order valence-electron chi connectivity index (χ1n) is 9.13. The zero-order chi connectivity index (χ0) is 20.0. The Labute approximate surface area is 170 Å². The van der Waals surface area contributed by atoms with Gasteiger partial charge in [-0.15, -0.1) is 0 Å². The molecule has 1 amide bonds. The predicted molar refractivity (Wildman–Crippen MR) is 106 cm³/mol. The number of carbonyl (C=O) groups is 1. The van der Waals surface area contributed by atoms with Crippen LogP contribution in [0.2, 0.25) is 10.0 Å². The minimum absolute atomic E-state index is 0.0221. The fraction of sp³-hybridized carbons (Fsp3) is 0.611. The number of likely N-dealkylation sites (N-methyl/N-ethyl adjacent to an activating group) is 1. The minimum Gasteiger partial charge on any atom is -0.326 e. The summed E-state index contributed by atoms with van der Waals surface area (Å²) in [5.74, 6) is 0.310. The maximum absolute atomic E-state index is 13.0. The fourth-order valence-corrected chi connectivity index (χ4v) is 6.06. The lowest BCUT2D eigenvalue weighted by molar-refractivity contribution is -0.132. The van der Waals surface area contributed by atoms with E-state index in [9.17, 15) is 13.2 Å². The van der Waals surface area contributed by atoms with Crippen LogP contribution >= 0.6 is 23.2 Å². The molecule has 9 heteroatoms. The molecule has 0 radical (unpaired) electrons. The first-order chi connectivity index (χ1) is 12.6. The molecular formula is C18H25Cl2N3O3S. The lowest BCUT2D eigenvalue weighted by Crippen LogP contribution is -2.58. The topological polar surface area (TPSA) is 69.7 Å². The van der Waals surface area contributed by atoms with E-state index in [0.717, 1.165) is 6.42 Å². The molecule has 2 heterocycles. The van der Waals surface area contributed by atoms with Gasteiger partial charge in [0.25, 0.3) is 0 Å². The molecule has 2 saturated heterocycles. The molecule has 1 spiro atoms. The molecule has 2 fully saturated rings. The number of amides is 1. The van der Waals surface area contributed by atoms with Crippen LogP contribution in [0.3, 0.4) is 0 Å². The van der Waals surface area contributed by atoms with Crippen molar-refractivity contribution in [2.24, 2.45) is 5.92 Å². The number of hydrogen-bond acceptors (Lipinski definition) is 4. The molecule has 2 atom stereocenters. The Morgan fingerprint density at radius 1 is 1.30 bits per heavy atom. The highest BCUT2D eigenvalue weighted by Gasteiger charge is 2.51. The van der Waals surface area contributed by atoms with Gasteiger partial charge in [0.2, 0.25) is 15.9 Å². The van der Waals surface area contributed by atoms with Gasteiger partial charge in [0.1, 0.15) is 4.90 Å². The maximum Gasteiger partial charge on any atom is 0.244 e. The molecule has 2 aliphatic rings. The summed E-state index contributed by atoms with van der Waals surface area (Å²) in [6.45, 7) is 4.74. The van der Waals surface area contributed by atoms with Crippen molar-refractivity contribution in [3.8, 4) is 0 Å². The molecule has 0 aromatic heterocycles. The highest BCUT2D eigenvalue weighted by atomic mass is 35.5. The van der Waals surface area contributed by atoms with E-state index in [1.54, 1.807) is 24.1 Å². The van der Waals surface area contributed by atoms with E-state index in [1.807, 2.05) is 0 Å². The van der Waals surface area contributed by atoms with Gasteiger partial charge in [0.05, 0.1) is 21.7 Å². The molecule has 1 aromatic carbocycles. The van der Waals surface area contributed by atoms with Crippen LogP contribution in [0, 0.1) is 5.92 Å². The van der Waals surface area contributed by atoms with Gasteiger partial charge >= 0.3 is 0 Å². The molecule has 2 aliphatic heterocycles. The molecule has 1 aromatic rings. The van der Waals surface area contributed by atoms with Crippen LogP contribution in [0.25, 0.3) is 0 Å². The quantitative estimate of drug-likeness (QED) is 0.791. The Bertz CT molecular complexity index is 838. The van der Waals surface area contributed by atoms with Crippen molar-refractivity contribution in [2.75, 3.05) is 20.1 Å². The number of rotatable bonds is 4. The molecule has 0 aliphatic carbocycles. The van der Waals surface area contributed by atoms with Crippen LogP contribution in [0.4, 0.5) is 0 Å². The first kappa shape index (κ1) is 20.9. The highest BCUT2D eigenvalue weighted by Crippen LogP contribution is 2.37. The highest BCUT2D eigenvalue weighted by molar-refractivity contribution is 7.89. The number of piperidine rings is 1. The molecule has 27 heavy (non-hydrogen) atoms. The van der Waals surface area contributed by atoms with Crippen LogP contribution in [0.15, 0.2) is 23.1 Å². The number of sulfonamides is 1. The van der Waals surface area contributed by atoms with E-state index in [4.69, 9.17) is 23.2 Å². The molecule has 0 saturated carbocycles. The van der Waals surface area contributed by atoms with Crippen LogP contribution in [-0.4, -0.2) is 55.4 Å². The van der Waals surface area contributed by atoms with Gasteiger partial charge in [0, 0.05) is 20.1 Å². The smallest absolute Gasteiger partial charge is 0.244 e. The summed E-state index contributed by atoms with van der Waals surface area (Å²) in [7, 11) is -1.94. The van der Waals surface area contributed by atoms with Crippen molar-refractivity contribution >= 4 is 39.1 Å². The van der Waals surface area contributed by atoms with Gasteiger partial charge in [-0.05, 0) is 30.9 Å². The largest absolute Gasteiger partial charge is 0.326 e. The summed E-state index contributed by atoms with van der Waals surface area (Å²) in [6.07, 6.45) is 1.96. The van der Waals surface area contributed by atoms with Crippen LogP contribution in [0.5, 0.6) is 0 Å². The van der Waals surface area contributed by atoms with Crippen molar-refractivity contribution in [1.29, 1.82) is 0 Å². The number of nitrogens with zero attached hydrogens (tertiary/aromatic N) is 2. The Kier molecular flexibility index (Phi) is 5.81. The van der Waals surface area contributed by atoms with Gasteiger partial charge in [-0.3, -0.25) is 10.1 Å². The second kappa shape index (κ2) is 7.52. The zero-order valence-electron chi connectivity index (χ0n) is 15.7. The number of nitrogens with one attached hydrogen (secondary N) is 1. The van der Waals surface area contributed by atoms with Crippen molar-refractivity contribution in [1.82, 2.24) is 14.5 Å². The summed E-state index contributed by atoms with van der Waals surface area (Å²) in [5.41, 5.74) is -0.491. The maximum atomic E-state index is 13.0. The molecular weight excluding hydrogens is 409 g/mol. The van der Waals surface area contributed by atoms with E-state index < -0.39 is 15.7 Å². The van der Waals surface area contributed by atoms with Gasteiger partial charge < -0.3 is 4.90 Å². The summed E-state index contributed by atoms with van der Waals surface area (Å²) in [4.78, 5) is 14.4. The van der Waals surface area contributed by atoms with Crippen molar-refractivity contribution in [3.63, 3.8) is 0 Å². The number of halogens is 2. The Morgan fingerprint density at radius 2 is 1.93 bits per heavy atom. The summed E-state index contributed by atoms with van der Waals surface area (Å²) >= 11 is 12.1. The zero-order valence-corrected chi connectivity index (χ0v) is 18.0. The first-order valence-corrected chi connectivity index (χ1v) is 11.3. The average Bonchev–Trinajstić information content (AvgIpc) is 2.89. The average molecular weight is 434 g/mol. The summed E-state index contributed by atoms with van der Waals surface area (Å²) in [5, 5.41) is 3.75. The third-order valence-corrected chi connectivity index (χ3v) is 8.83. The lowest BCUT2D eigenvalue weighted by atomic mass is 9.96. The second-order valence-corrected chi connectivity index (χ2v) is 10.1. The van der Waals surface area contributed by atoms with Gasteiger partial charge in [-0.1, -0.05) is 49.5 Å². The van der Waals surface area contributed by atoms with Gasteiger partial charge in [0.15, 0.2) is 0 Å². The van der Waals surface area contributed by atoms with Crippen molar-refractivity contribution in [2.45, 2.75) is 49.7 Å². The summed E-state index contributed by atoms with van der Waals surface area (Å²) < 4.78 is 27.4. The van der Waals surface area contributed by atoms with E-state index in [2.05, 4.69) is 19.2 Å². The van der Waals surface area contributed by atoms with Crippen LogP contribution < -0.4 is 5.32 Å². The Balaban J connectivity index is 1.79. The number of benzene rings is 1. The van der Waals surface area contributed by atoms with E-state index >= 15 is 0 Å². The minimum atomic E-state index is -3.74. The van der Waals surface area contributed by atoms with E-state index in [1.165, 1.54) is 10.4 Å². The molecule has 1 N–H and O–H groups in total. The number of hydrogen-bond donors (Lipinski definition) is 1. The van der Waals surface area contributed by atoms with Crippen LogP contribution in [0.1, 0.15) is 33.1 Å². The molecule has 0 bridgehead atoms. The van der Waals surface area contributed by atoms with Gasteiger partial charge in [-0.25, -0.2) is 8.42 Å². The van der Waals surface area contributed by atoms with Gasteiger partial charge in [-0.2, -0.15) is 4.31 Å². The van der Waals surface area contributed by atoms with Crippen molar-refractivity contribution in [3.05, 3.63) is 28.2 Å². The Hall–Kier alpha value is -0.860. The molecule has 6 nitrogen and oxygen atoms in total. The number of carbonyl (C=O) groups excluding carboxylic acids is 1. The van der Waals surface area contributed by atoms with Crippen molar-refractivity contribution < 1.29 is 13.2 Å². The third kappa shape index (κ3) is 3.49. The second-order valence-electron chi connectivity index (χ2n) is 7.39. The normalized spacial score (nSPS) is 24.6.